The summed E-state index contributed by atoms with van der Waals surface area (Å²) < 4.78 is 2.95. The highest BCUT2D eigenvalue weighted by molar-refractivity contribution is 9.10. The lowest BCUT2D eigenvalue weighted by molar-refractivity contribution is 0.0951. The van der Waals surface area contributed by atoms with Gasteiger partial charge in [0, 0.05) is 23.8 Å². The van der Waals surface area contributed by atoms with Crippen LogP contribution in [0, 0.1) is 0 Å². The lowest BCUT2D eigenvalue weighted by atomic mass is 10.4. The molecule has 4 heteroatoms. The second-order valence-corrected chi connectivity index (χ2v) is 3.76. The molecule has 1 aromatic heterocycles. The molecule has 0 aromatic carbocycles. The van der Waals surface area contributed by atoms with Gasteiger partial charge in [-0.15, -0.1) is 0 Å². The molecule has 0 aliphatic carbocycles. The van der Waals surface area contributed by atoms with Gasteiger partial charge in [0.05, 0.1) is 0 Å². The number of nitrogens with one attached hydrogen (secondary N) is 1. The van der Waals surface area contributed by atoms with E-state index in [1.54, 1.807) is 0 Å². The largest absolute Gasteiger partial charge is 0.351 e. The van der Waals surface area contributed by atoms with Gasteiger partial charge in [-0.25, -0.2) is 0 Å². The van der Waals surface area contributed by atoms with E-state index in [9.17, 15) is 4.79 Å². The molecule has 1 aromatic rings. The second kappa shape index (κ2) is 2.94. The molecule has 2 rings (SSSR count). The molecule has 1 aliphatic heterocycles. The second-order valence-electron chi connectivity index (χ2n) is 2.85. The minimum atomic E-state index is 0.0261. The van der Waals surface area contributed by atoms with Crippen LogP contribution in [0.2, 0.25) is 0 Å². The number of amides is 1. The lowest BCUT2D eigenvalue weighted by Gasteiger charge is -1.99. The first kappa shape index (κ1) is 7.86. The average molecular weight is 229 g/mol. The summed E-state index contributed by atoms with van der Waals surface area (Å²) in [5.41, 5.74) is 0.749. The van der Waals surface area contributed by atoms with Crippen LogP contribution < -0.4 is 5.32 Å². The van der Waals surface area contributed by atoms with E-state index in [-0.39, 0.29) is 5.91 Å². The quantitative estimate of drug-likeness (QED) is 0.716. The van der Waals surface area contributed by atoms with Gasteiger partial charge in [0.25, 0.3) is 5.91 Å². The highest BCUT2D eigenvalue weighted by Crippen LogP contribution is 2.16. The molecular formula is C8H9BrN2O. The lowest BCUT2D eigenvalue weighted by Crippen LogP contribution is -2.22. The predicted molar refractivity (Wildman–Crippen MR) is 49.1 cm³/mol. The summed E-state index contributed by atoms with van der Waals surface area (Å²) >= 11 is 3.34. The van der Waals surface area contributed by atoms with Gasteiger partial charge in [-0.2, -0.15) is 0 Å². The fraction of sp³-hybridized carbons (Fsp3) is 0.375. The molecule has 0 spiro atoms. The number of hydrogen-bond donors (Lipinski definition) is 1. The number of aryl methyl sites for hydroxylation is 1. The Morgan fingerprint density at radius 2 is 2.42 bits per heavy atom. The van der Waals surface area contributed by atoms with Crippen molar-refractivity contribution >= 4 is 21.8 Å². The molecule has 0 atom stereocenters. The van der Waals surface area contributed by atoms with Crippen molar-refractivity contribution in [1.82, 2.24) is 9.88 Å². The van der Waals surface area contributed by atoms with Crippen LogP contribution in [0.25, 0.3) is 0 Å². The van der Waals surface area contributed by atoms with Crippen molar-refractivity contribution in [2.24, 2.45) is 0 Å². The third kappa shape index (κ3) is 1.27. The summed E-state index contributed by atoms with van der Waals surface area (Å²) in [6.07, 6.45) is 2.94. The normalized spacial score (nSPS) is 16.6. The first-order valence-electron chi connectivity index (χ1n) is 3.91. The maximum atomic E-state index is 11.4. The van der Waals surface area contributed by atoms with Crippen LogP contribution in [0.3, 0.4) is 0 Å². The molecular weight excluding hydrogens is 220 g/mol. The maximum Gasteiger partial charge on any atom is 0.267 e. The average Bonchev–Trinajstić information content (AvgIpc) is 2.33. The molecule has 0 fully saturated rings. The smallest absolute Gasteiger partial charge is 0.267 e. The monoisotopic (exact) mass is 228 g/mol. The zero-order valence-corrected chi connectivity index (χ0v) is 8.10. The van der Waals surface area contributed by atoms with Gasteiger partial charge in [0.2, 0.25) is 0 Å². The number of nitrogens with zero attached hydrogens (tertiary/aromatic N) is 1. The van der Waals surface area contributed by atoms with Gasteiger partial charge in [-0.1, -0.05) is 0 Å². The van der Waals surface area contributed by atoms with Gasteiger partial charge in [-0.05, 0) is 28.4 Å². The molecule has 1 amide bonds. The first-order valence-corrected chi connectivity index (χ1v) is 4.70. The van der Waals surface area contributed by atoms with Crippen molar-refractivity contribution in [3.05, 3.63) is 22.4 Å². The Kier molecular flexibility index (Phi) is 1.92. The van der Waals surface area contributed by atoms with Crippen molar-refractivity contribution < 1.29 is 4.79 Å². The Hall–Kier alpha value is -0.770. The fourth-order valence-corrected chi connectivity index (χ4v) is 1.86. The van der Waals surface area contributed by atoms with Gasteiger partial charge in [0.1, 0.15) is 5.69 Å². The zero-order chi connectivity index (χ0) is 8.55. The van der Waals surface area contributed by atoms with Crippen LogP contribution in [-0.2, 0) is 6.54 Å². The molecule has 2 heterocycles. The van der Waals surface area contributed by atoms with Crippen molar-refractivity contribution in [1.29, 1.82) is 0 Å². The van der Waals surface area contributed by atoms with E-state index in [0.717, 1.165) is 29.7 Å². The zero-order valence-electron chi connectivity index (χ0n) is 6.51. The van der Waals surface area contributed by atoms with Crippen molar-refractivity contribution in [3.63, 3.8) is 0 Å². The highest BCUT2D eigenvalue weighted by Gasteiger charge is 2.14. The number of hydrogen-bond acceptors (Lipinski definition) is 1. The van der Waals surface area contributed by atoms with Gasteiger partial charge < -0.3 is 9.88 Å². The molecule has 64 valence electrons. The number of aromatic nitrogens is 1. The molecule has 0 saturated heterocycles. The van der Waals surface area contributed by atoms with Crippen LogP contribution >= 0.6 is 15.9 Å². The number of fused-ring (bicyclic) bond motifs is 1. The van der Waals surface area contributed by atoms with Crippen LogP contribution in [0.4, 0.5) is 0 Å². The molecule has 1 aliphatic rings. The van der Waals surface area contributed by atoms with E-state index in [1.165, 1.54) is 0 Å². The van der Waals surface area contributed by atoms with Crippen LogP contribution in [0.15, 0.2) is 16.7 Å². The topological polar surface area (TPSA) is 34.0 Å². The summed E-state index contributed by atoms with van der Waals surface area (Å²) in [6.45, 7) is 1.69. The third-order valence-electron chi connectivity index (χ3n) is 1.96. The molecule has 0 unspecified atom stereocenters. The number of rotatable bonds is 0. The standard InChI is InChI=1S/C8H9BrN2O/c9-6-4-7-8(12)10-2-1-3-11(7)5-6/h4-5H,1-3H2,(H,10,12). The molecule has 12 heavy (non-hydrogen) atoms. The van der Waals surface area contributed by atoms with E-state index in [1.807, 2.05) is 16.8 Å². The molecule has 0 bridgehead atoms. The molecule has 3 nitrogen and oxygen atoms in total. The van der Waals surface area contributed by atoms with Gasteiger partial charge >= 0.3 is 0 Å². The number of carbonyl (C=O) groups excluding carboxylic acids is 1. The van der Waals surface area contributed by atoms with Crippen LogP contribution in [0.5, 0.6) is 0 Å². The van der Waals surface area contributed by atoms with Crippen LogP contribution in [-0.4, -0.2) is 17.0 Å². The predicted octanol–water partition coefficient (Wildman–Crippen LogP) is 1.38. The summed E-state index contributed by atoms with van der Waals surface area (Å²) in [7, 11) is 0. The SMILES string of the molecule is O=C1NCCCn2cc(Br)cc21. The van der Waals surface area contributed by atoms with E-state index in [2.05, 4.69) is 21.2 Å². The Bertz CT molecular complexity index is 319. The number of halogens is 1. The molecule has 1 N–H and O–H groups in total. The summed E-state index contributed by atoms with van der Waals surface area (Å²) in [5, 5.41) is 2.83. The Morgan fingerprint density at radius 1 is 1.58 bits per heavy atom. The summed E-state index contributed by atoms with van der Waals surface area (Å²) in [5.74, 6) is 0.0261. The third-order valence-corrected chi connectivity index (χ3v) is 2.39. The van der Waals surface area contributed by atoms with Crippen molar-refractivity contribution in [2.45, 2.75) is 13.0 Å². The summed E-state index contributed by atoms with van der Waals surface area (Å²) in [6, 6.07) is 1.85. The minimum Gasteiger partial charge on any atom is -0.351 e. The highest BCUT2D eigenvalue weighted by atomic mass is 79.9. The summed E-state index contributed by atoms with van der Waals surface area (Å²) in [4.78, 5) is 11.4. The van der Waals surface area contributed by atoms with Crippen molar-refractivity contribution in [3.8, 4) is 0 Å². The first-order chi connectivity index (χ1) is 5.77. The van der Waals surface area contributed by atoms with Gasteiger partial charge in [-0.3, -0.25) is 4.79 Å². The minimum absolute atomic E-state index is 0.0261. The number of carbonyl (C=O) groups is 1. The van der Waals surface area contributed by atoms with Crippen molar-refractivity contribution in [2.75, 3.05) is 6.54 Å². The molecule has 0 radical (unpaired) electrons. The molecule has 0 saturated carbocycles. The maximum absolute atomic E-state index is 11.4. The Balaban J connectivity index is 2.44. The van der Waals surface area contributed by atoms with Crippen LogP contribution in [0.1, 0.15) is 16.9 Å². The van der Waals surface area contributed by atoms with E-state index >= 15 is 0 Å². The van der Waals surface area contributed by atoms with Gasteiger partial charge in [0.15, 0.2) is 0 Å². The van der Waals surface area contributed by atoms with E-state index in [4.69, 9.17) is 0 Å². The van der Waals surface area contributed by atoms with E-state index < -0.39 is 0 Å². The fourth-order valence-electron chi connectivity index (χ4n) is 1.39. The Labute approximate surface area is 78.9 Å². The Morgan fingerprint density at radius 3 is 3.25 bits per heavy atom. The van der Waals surface area contributed by atoms with E-state index in [0.29, 0.717) is 0 Å².